The van der Waals surface area contributed by atoms with Gasteiger partial charge in [-0.2, -0.15) is 0 Å². The van der Waals surface area contributed by atoms with Crippen LogP contribution >= 0.6 is 11.6 Å². The topological polar surface area (TPSA) is 88.5 Å². The maximum absolute atomic E-state index is 13.5. The third-order valence-electron chi connectivity index (χ3n) is 7.99. The number of carboxylic acid groups (broad SMARTS) is 1. The quantitative estimate of drug-likeness (QED) is 0.205. The highest BCUT2D eigenvalue weighted by molar-refractivity contribution is 6.30. The Morgan fingerprint density at radius 2 is 1.64 bits per heavy atom. The minimum atomic E-state index is -1.01. The molecule has 0 saturated heterocycles. The zero-order chi connectivity index (χ0) is 29.9. The molecule has 1 aliphatic rings. The lowest BCUT2D eigenvalue weighted by atomic mass is 9.87. The summed E-state index contributed by atoms with van der Waals surface area (Å²) >= 11 is 6.02. The minimum Gasteiger partial charge on any atom is -0.481 e. The summed E-state index contributed by atoms with van der Waals surface area (Å²) in [4.78, 5) is 30.0. The number of nitrogens with one attached hydrogen (secondary N) is 1. The summed E-state index contributed by atoms with van der Waals surface area (Å²) in [5.41, 5.74) is 3.10. The Kier molecular flexibility index (Phi) is 8.83. The van der Waals surface area contributed by atoms with Gasteiger partial charge in [0.1, 0.15) is 17.2 Å². The van der Waals surface area contributed by atoms with Crippen LogP contribution in [0.4, 0.5) is 0 Å². The third kappa shape index (κ3) is 7.29. The van der Waals surface area contributed by atoms with Crippen LogP contribution < -0.4 is 10.1 Å². The molecule has 1 atom stereocenters. The van der Waals surface area contributed by atoms with Gasteiger partial charge in [-0.3, -0.25) is 9.59 Å². The maximum Gasteiger partial charge on any atom is 0.305 e. The van der Waals surface area contributed by atoms with Gasteiger partial charge in [0.05, 0.1) is 12.5 Å². The zero-order valence-corrected chi connectivity index (χ0v) is 25.1. The molecule has 1 heterocycles. The molecule has 1 amide bonds. The Bertz CT molecular complexity index is 1570. The first kappa shape index (κ1) is 29.6. The molecule has 1 fully saturated rings. The first-order valence-electron chi connectivity index (χ1n) is 14.6. The number of amides is 1. The van der Waals surface area contributed by atoms with Crippen molar-refractivity contribution in [2.75, 3.05) is 0 Å². The number of aromatic nitrogens is 1. The van der Waals surface area contributed by atoms with Crippen LogP contribution in [0.5, 0.6) is 11.5 Å². The normalized spacial score (nSPS) is 14.6. The Morgan fingerprint density at radius 3 is 2.29 bits per heavy atom. The SMILES string of the molecule is CC(C)(C)c1ccc(Oc2ccc3cc(C(=O)NC(CC(=O)O)c4ccc(Cl)cc4)nc(CC4CCCC4)c3c2)cc1. The summed E-state index contributed by atoms with van der Waals surface area (Å²) in [6.45, 7) is 6.55. The number of ether oxygens (including phenoxy) is 1. The van der Waals surface area contributed by atoms with Crippen LogP contribution in [0.15, 0.2) is 72.8 Å². The lowest BCUT2D eigenvalue weighted by molar-refractivity contribution is -0.137. The molecule has 7 heteroatoms. The summed E-state index contributed by atoms with van der Waals surface area (Å²) in [7, 11) is 0. The Balaban J connectivity index is 1.45. The molecule has 1 aromatic heterocycles. The van der Waals surface area contributed by atoms with Crippen LogP contribution in [0.2, 0.25) is 5.02 Å². The van der Waals surface area contributed by atoms with Crippen LogP contribution in [0.1, 0.15) is 86.2 Å². The lowest BCUT2D eigenvalue weighted by Crippen LogP contribution is -2.31. The molecule has 42 heavy (non-hydrogen) atoms. The van der Waals surface area contributed by atoms with Crippen LogP contribution in [0, 0.1) is 5.92 Å². The van der Waals surface area contributed by atoms with E-state index in [-0.39, 0.29) is 17.5 Å². The van der Waals surface area contributed by atoms with E-state index < -0.39 is 17.9 Å². The van der Waals surface area contributed by atoms with Crippen molar-refractivity contribution in [1.82, 2.24) is 10.3 Å². The fraction of sp³-hybridized carbons (Fsp3) is 0.343. The number of carbonyl (C=O) groups excluding carboxylic acids is 1. The molecule has 4 aromatic rings. The number of halogens is 1. The van der Waals surface area contributed by atoms with Gasteiger partial charge in [0, 0.05) is 16.1 Å². The summed E-state index contributed by atoms with van der Waals surface area (Å²) in [5, 5.41) is 14.8. The standard InChI is InChI=1S/C35H37ClN2O4/c1-35(2,3)25-11-16-27(17-12-25)42-28-15-10-24-19-32(37-31(29(24)20-28)18-22-6-4-5-7-22)34(41)38-30(21-33(39)40)23-8-13-26(36)14-9-23/h8-17,19-20,22,30H,4-7,18,21H2,1-3H3,(H,38,41)(H,39,40). The largest absolute Gasteiger partial charge is 0.481 e. The maximum atomic E-state index is 13.5. The van der Waals surface area contributed by atoms with Gasteiger partial charge in [0.15, 0.2) is 0 Å². The van der Waals surface area contributed by atoms with Crippen molar-refractivity contribution in [2.24, 2.45) is 5.92 Å². The summed E-state index contributed by atoms with van der Waals surface area (Å²) < 4.78 is 6.23. The highest BCUT2D eigenvalue weighted by Crippen LogP contribution is 2.33. The van der Waals surface area contributed by atoms with E-state index in [1.54, 1.807) is 30.3 Å². The number of hydrogen-bond donors (Lipinski definition) is 2. The molecule has 0 spiro atoms. The minimum absolute atomic E-state index is 0.0642. The number of aliphatic carboxylic acids is 1. The number of hydrogen-bond acceptors (Lipinski definition) is 4. The van der Waals surface area contributed by atoms with E-state index in [1.807, 2.05) is 30.3 Å². The van der Waals surface area contributed by atoms with E-state index in [0.717, 1.165) is 41.5 Å². The number of benzene rings is 3. The van der Waals surface area contributed by atoms with Crippen molar-refractivity contribution in [2.45, 2.75) is 70.8 Å². The van der Waals surface area contributed by atoms with E-state index in [9.17, 15) is 14.7 Å². The molecule has 0 radical (unpaired) electrons. The van der Waals surface area contributed by atoms with Gasteiger partial charge in [0.25, 0.3) is 5.91 Å². The van der Waals surface area contributed by atoms with Crippen molar-refractivity contribution in [1.29, 1.82) is 0 Å². The van der Waals surface area contributed by atoms with Gasteiger partial charge in [-0.25, -0.2) is 4.98 Å². The van der Waals surface area contributed by atoms with E-state index in [0.29, 0.717) is 22.3 Å². The fourth-order valence-electron chi connectivity index (χ4n) is 5.63. The number of rotatable bonds is 9. The first-order chi connectivity index (χ1) is 20.0. The fourth-order valence-corrected chi connectivity index (χ4v) is 5.76. The second kappa shape index (κ2) is 12.5. The second-order valence-electron chi connectivity index (χ2n) is 12.2. The Hall–Kier alpha value is -3.90. The van der Waals surface area contributed by atoms with Crippen molar-refractivity contribution in [3.05, 3.63) is 100 Å². The molecule has 6 nitrogen and oxygen atoms in total. The van der Waals surface area contributed by atoms with Crippen molar-refractivity contribution >= 4 is 34.2 Å². The zero-order valence-electron chi connectivity index (χ0n) is 24.3. The Morgan fingerprint density at radius 1 is 0.976 bits per heavy atom. The average molecular weight is 585 g/mol. The average Bonchev–Trinajstić information content (AvgIpc) is 3.46. The second-order valence-corrected chi connectivity index (χ2v) is 12.7. The smallest absolute Gasteiger partial charge is 0.305 e. The van der Waals surface area contributed by atoms with Gasteiger partial charge in [-0.1, -0.05) is 88.4 Å². The first-order valence-corrected chi connectivity index (χ1v) is 14.9. The van der Waals surface area contributed by atoms with Crippen LogP contribution in [-0.4, -0.2) is 22.0 Å². The predicted molar refractivity (Wildman–Crippen MR) is 167 cm³/mol. The molecule has 1 saturated carbocycles. The molecular formula is C35H37ClN2O4. The van der Waals surface area contributed by atoms with Crippen molar-refractivity contribution < 1.29 is 19.4 Å². The summed E-state index contributed by atoms with van der Waals surface area (Å²) in [5.74, 6) is 0.564. The van der Waals surface area contributed by atoms with Gasteiger partial charge < -0.3 is 15.2 Å². The highest BCUT2D eigenvalue weighted by atomic mass is 35.5. The van der Waals surface area contributed by atoms with Gasteiger partial charge in [0.2, 0.25) is 0 Å². The van der Waals surface area contributed by atoms with E-state index >= 15 is 0 Å². The highest BCUT2D eigenvalue weighted by Gasteiger charge is 2.23. The van der Waals surface area contributed by atoms with E-state index in [4.69, 9.17) is 21.3 Å². The molecule has 1 aliphatic carbocycles. The molecule has 0 aliphatic heterocycles. The van der Waals surface area contributed by atoms with Crippen LogP contribution in [0.25, 0.3) is 10.8 Å². The molecule has 2 N–H and O–H groups in total. The number of nitrogens with zero attached hydrogens (tertiary/aromatic N) is 1. The molecule has 1 unspecified atom stereocenters. The molecule has 0 bridgehead atoms. The number of fused-ring (bicyclic) bond motifs is 1. The molecule has 3 aromatic carbocycles. The summed E-state index contributed by atoms with van der Waals surface area (Å²) in [6, 6.07) is 21.9. The summed E-state index contributed by atoms with van der Waals surface area (Å²) in [6.07, 6.45) is 5.23. The number of carboxylic acids is 1. The Labute approximate surface area is 252 Å². The molecular weight excluding hydrogens is 548 g/mol. The van der Waals surface area contributed by atoms with Gasteiger partial charge in [-0.05, 0) is 76.7 Å². The van der Waals surface area contributed by atoms with E-state index in [1.165, 1.54) is 18.4 Å². The monoisotopic (exact) mass is 584 g/mol. The van der Waals surface area contributed by atoms with Gasteiger partial charge in [-0.15, -0.1) is 0 Å². The molecule has 218 valence electrons. The number of carbonyl (C=O) groups is 2. The van der Waals surface area contributed by atoms with Crippen LogP contribution in [-0.2, 0) is 16.6 Å². The predicted octanol–water partition coefficient (Wildman–Crippen LogP) is 8.66. The van der Waals surface area contributed by atoms with Crippen molar-refractivity contribution in [3.8, 4) is 11.5 Å². The molecule has 5 rings (SSSR count). The van der Waals surface area contributed by atoms with E-state index in [2.05, 4.69) is 38.2 Å². The number of pyridine rings is 1. The lowest BCUT2D eigenvalue weighted by Gasteiger charge is -2.19. The van der Waals surface area contributed by atoms with Gasteiger partial charge >= 0.3 is 5.97 Å². The third-order valence-corrected chi connectivity index (χ3v) is 8.24. The van der Waals surface area contributed by atoms with Crippen molar-refractivity contribution in [3.63, 3.8) is 0 Å². The van der Waals surface area contributed by atoms with Crippen LogP contribution in [0.3, 0.4) is 0 Å².